The standard InChI is InChI=1S/C19H19F3N2O3S/c20-19(21,22)14-9-11-15(12-10-14)23-18(25)17-8-4-5-13-24(17)28(26,27)16-6-2-1-3-7-16/h1-3,6-7,9-12,17H,4-5,8,13H2,(H,23,25)/t17-/m0/s1. The van der Waals surface area contributed by atoms with Gasteiger partial charge in [-0.2, -0.15) is 17.5 Å². The Balaban J connectivity index is 1.79. The zero-order valence-electron chi connectivity index (χ0n) is 14.8. The van der Waals surface area contributed by atoms with Gasteiger partial charge in [0.1, 0.15) is 6.04 Å². The van der Waals surface area contributed by atoms with E-state index in [9.17, 15) is 26.4 Å². The number of hydrogen-bond acceptors (Lipinski definition) is 3. The zero-order valence-corrected chi connectivity index (χ0v) is 15.6. The number of carbonyl (C=O) groups excluding carboxylic acids is 1. The minimum atomic E-state index is -4.47. The van der Waals surface area contributed by atoms with Crippen LogP contribution in [-0.2, 0) is 21.0 Å². The van der Waals surface area contributed by atoms with Crippen molar-refractivity contribution in [3.8, 4) is 0 Å². The fourth-order valence-corrected chi connectivity index (χ4v) is 4.83. The summed E-state index contributed by atoms with van der Waals surface area (Å²) in [6.45, 7) is 0.211. The van der Waals surface area contributed by atoms with Crippen LogP contribution in [0.5, 0.6) is 0 Å². The molecule has 1 aliphatic rings. The molecular formula is C19H19F3N2O3S. The molecule has 0 bridgehead atoms. The van der Waals surface area contributed by atoms with Gasteiger partial charge < -0.3 is 5.32 Å². The van der Waals surface area contributed by atoms with Crippen molar-refractivity contribution in [2.45, 2.75) is 36.4 Å². The molecule has 0 saturated carbocycles. The van der Waals surface area contributed by atoms with Gasteiger partial charge in [-0.05, 0) is 49.2 Å². The van der Waals surface area contributed by atoms with E-state index in [1.807, 2.05) is 0 Å². The normalized spacial score (nSPS) is 18.6. The largest absolute Gasteiger partial charge is 0.416 e. The molecule has 28 heavy (non-hydrogen) atoms. The number of benzene rings is 2. The lowest BCUT2D eigenvalue weighted by Gasteiger charge is -2.33. The first-order chi connectivity index (χ1) is 13.2. The van der Waals surface area contributed by atoms with Crippen molar-refractivity contribution in [3.63, 3.8) is 0 Å². The molecular weight excluding hydrogens is 393 g/mol. The van der Waals surface area contributed by atoms with Crippen LogP contribution in [0.3, 0.4) is 0 Å². The van der Waals surface area contributed by atoms with Crippen LogP contribution in [-0.4, -0.2) is 31.2 Å². The molecule has 1 fully saturated rings. The monoisotopic (exact) mass is 412 g/mol. The van der Waals surface area contributed by atoms with Crippen LogP contribution in [0.25, 0.3) is 0 Å². The average Bonchev–Trinajstić information content (AvgIpc) is 2.68. The first kappa shape index (κ1) is 20.3. The van der Waals surface area contributed by atoms with Gasteiger partial charge in [-0.25, -0.2) is 8.42 Å². The van der Waals surface area contributed by atoms with Crippen LogP contribution in [0.1, 0.15) is 24.8 Å². The third-order valence-electron chi connectivity index (χ3n) is 4.59. The van der Waals surface area contributed by atoms with E-state index in [2.05, 4.69) is 5.32 Å². The fourth-order valence-electron chi connectivity index (χ4n) is 3.15. The van der Waals surface area contributed by atoms with Crippen molar-refractivity contribution in [2.24, 2.45) is 0 Å². The molecule has 5 nitrogen and oxygen atoms in total. The van der Waals surface area contributed by atoms with Crippen molar-refractivity contribution in [3.05, 3.63) is 60.2 Å². The Morgan fingerprint density at radius 2 is 1.64 bits per heavy atom. The number of nitrogens with zero attached hydrogens (tertiary/aromatic N) is 1. The predicted octanol–water partition coefficient (Wildman–Crippen LogP) is 3.89. The molecule has 0 radical (unpaired) electrons. The molecule has 9 heteroatoms. The number of halogens is 3. The molecule has 0 spiro atoms. The van der Waals surface area contributed by atoms with E-state index in [1.54, 1.807) is 18.2 Å². The SMILES string of the molecule is O=C(Nc1ccc(C(F)(F)F)cc1)[C@@H]1CCCCN1S(=O)(=O)c1ccccc1. The molecule has 0 aliphatic carbocycles. The van der Waals surface area contributed by atoms with Crippen LogP contribution in [0.15, 0.2) is 59.5 Å². The van der Waals surface area contributed by atoms with Crippen LogP contribution in [0.4, 0.5) is 18.9 Å². The lowest BCUT2D eigenvalue weighted by molar-refractivity contribution is -0.137. The average molecular weight is 412 g/mol. The number of amides is 1. The number of sulfonamides is 1. The lowest BCUT2D eigenvalue weighted by Crippen LogP contribution is -2.49. The Bertz CT molecular complexity index is 929. The summed E-state index contributed by atoms with van der Waals surface area (Å²) < 4.78 is 65.0. The van der Waals surface area contributed by atoms with Crippen LogP contribution in [0, 0.1) is 0 Å². The van der Waals surface area contributed by atoms with Gasteiger partial charge in [0.2, 0.25) is 15.9 Å². The van der Waals surface area contributed by atoms with Gasteiger partial charge in [0.05, 0.1) is 10.5 Å². The molecule has 2 aromatic carbocycles. The summed E-state index contributed by atoms with van der Waals surface area (Å²) in [7, 11) is -3.85. The third-order valence-corrected chi connectivity index (χ3v) is 6.51. The molecule has 1 aliphatic heterocycles. The highest BCUT2D eigenvalue weighted by Crippen LogP contribution is 2.30. The first-order valence-electron chi connectivity index (χ1n) is 8.74. The highest BCUT2D eigenvalue weighted by molar-refractivity contribution is 7.89. The summed E-state index contributed by atoms with van der Waals surface area (Å²) in [6, 6.07) is 11.0. The second-order valence-electron chi connectivity index (χ2n) is 6.50. The predicted molar refractivity (Wildman–Crippen MR) is 98.0 cm³/mol. The molecule has 1 amide bonds. The maximum atomic E-state index is 12.9. The lowest BCUT2D eigenvalue weighted by atomic mass is 10.0. The van der Waals surface area contributed by atoms with Crippen LogP contribution >= 0.6 is 0 Å². The van der Waals surface area contributed by atoms with Gasteiger partial charge >= 0.3 is 6.18 Å². The van der Waals surface area contributed by atoms with Gasteiger partial charge in [-0.15, -0.1) is 0 Å². The maximum absolute atomic E-state index is 12.9. The highest BCUT2D eigenvalue weighted by Gasteiger charge is 2.37. The molecule has 1 saturated heterocycles. The number of piperidine rings is 1. The zero-order chi connectivity index (χ0) is 20.4. The molecule has 150 valence electrons. The molecule has 1 atom stereocenters. The molecule has 1 N–H and O–H groups in total. The van der Waals surface area contributed by atoms with E-state index in [0.29, 0.717) is 19.3 Å². The van der Waals surface area contributed by atoms with Gasteiger partial charge in [-0.1, -0.05) is 24.6 Å². The van der Waals surface area contributed by atoms with E-state index < -0.39 is 33.7 Å². The Labute approximate surface area is 161 Å². The van der Waals surface area contributed by atoms with E-state index in [1.165, 1.54) is 16.4 Å². The van der Waals surface area contributed by atoms with Crippen molar-refractivity contribution in [2.75, 3.05) is 11.9 Å². The number of hydrogen-bond donors (Lipinski definition) is 1. The summed E-state index contributed by atoms with van der Waals surface area (Å²) >= 11 is 0. The molecule has 2 aromatic rings. The Morgan fingerprint density at radius 1 is 1.00 bits per heavy atom. The number of nitrogens with one attached hydrogen (secondary N) is 1. The smallest absolute Gasteiger partial charge is 0.325 e. The van der Waals surface area contributed by atoms with Gasteiger partial charge in [0.25, 0.3) is 0 Å². The van der Waals surface area contributed by atoms with Crippen molar-refractivity contribution >= 4 is 21.6 Å². The van der Waals surface area contributed by atoms with Crippen molar-refractivity contribution in [1.29, 1.82) is 0 Å². The van der Waals surface area contributed by atoms with Crippen molar-refractivity contribution in [1.82, 2.24) is 4.31 Å². The molecule has 0 aromatic heterocycles. The van der Waals surface area contributed by atoms with E-state index in [-0.39, 0.29) is 17.1 Å². The van der Waals surface area contributed by atoms with Gasteiger partial charge in [0.15, 0.2) is 0 Å². The summed E-state index contributed by atoms with van der Waals surface area (Å²) in [5.41, 5.74) is -0.642. The number of alkyl halides is 3. The highest BCUT2D eigenvalue weighted by atomic mass is 32.2. The first-order valence-corrected chi connectivity index (χ1v) is 10.2. The van der Waals surface area contributed by atoms with E-state index >= 15 is 0 Å². The van der Waals surface area contributed by atoms with Gasteiger partial charge in [0, 0.05) is 12.2 Å². The van der Waals surface area contributed by atoms with E-state index in [4.69, 9.17) is 0 Å². The van der Waals surface area contributed by atoms with Gasteiger partial charge in [-0.3, -0.25) is 4.79 Å². The maximum Gasteiger partial charge on any atom is 0.416 e. The molecule has 1 heterocycles. The minimum absolute atomic E-state index is 0.101. The third kappa shape index (κ3) is 4.36. The van der Waals surface area contributed by atoms with Crippen LogP contribution in [0.2, 0.25) is 0 Å². The summed E-state index contributed by atoms with van der Waals surface area (Å²) in [5.74, 6) is -0.557. The Morgan fingerprint density at radius 3 is 2.25 bits per heavy atom. The number of anilines is 1. The molecule has 3 rings (SSSR count). The summed E-state index contributed by atoms with van der Waals surface area (Å²) in [6.07, 6.45) is -2.80. The second-order valence-corrected chi connectivity index (χ2v) is 8.40. The van der Waals surface area contributed by atoms with Crippen LogP contribution < -0.4 is 5.32 Å². The Kier molecular flexibility index (Phi) is 5.76. The number of carbonyl (C=O) groups is 1. The fraction of sp³-hybridized carbons (Fsp3) is 0.316. The Hall–Kier alpha value is -2.39. The van der Waals surface area contributed by atoms with Crippen molar-refractivity contribution < 1.29 is 26.4 Å². The number of rotatable bonds is 4. The summed E-state index contributed by atoms with van der Waals surface area (Å²) in [5, 5.41) is 2.53. The molecule has 0 unspecified atom stereocenters. The second kappa shape index (κ2) is 7.92. The summed E-state index contributed by atoms with van der Waals surface area (Å²) in [4.78, 5) is 12.8. The minimum Gasteiger partial charge on any atom is -0.325 e. The quantitative estimate of drug-likeness (QED) is 0.829. The van der Waals surface area contributed by atoms with E-state index in [0.717, 1.165) is 24.3 Å². The topological polar surface area (TPSA) is 66.5 Å².